The van der Waals surface area contributed by atoms with Crippen molar-refractivity contribution in [1.29, 1.82) is 0 Å². The zero-order chi connectivity index (χ0) is 23.5. The lowest BCUT2D eigenvalue weighted by atomic mass is 10.1. The quantitative estimate of drug-likeness (QED) is 0.338. The number of benzene rings is 3. The van der Waals surface area contributed by atoms with Crippen LogP contribution in [0.15, 0.2) is 66.7 Å². The van der Waals surface area contributed by atoms with Crippen molar-refractivity contribution in [3.63, 3.8) is 0 Å². The van der Waals surface area contributed by atoms with E-state index in [0.717, 1.165) is 22.4 Å². The molecule has 33 heavy (non-hydrogen) atoms. The Kier molecular flexibility index (Phi) is 6.82. The molecule has 4 rings (SSSR count). The van der Waals surface area contributed by atoms with Crippen LogP contribution in [-0.4, -0.2) is 22.2 Å². The predicted molar refractivity (Wildman–Crippen MR) is 131 cm³/mol. The molecule has 0 aliphatic heterocycles. The second kappa shape index (κ2) is 9.77. The van der Waals surface area contributed by atoms with E-state index in [1.165, 1.54) is 6.07 Å². The van der Waals surface area contributed by atoms with Crippen molar-refractivity contribution >= 4 is 29.1 Å². The fourth-order valence-corrected chi connectivity index (χ4v) is 4.10. The van der Waals surface area contributed by atoms with E-state index in [9.17, 15) is 9.18 Å². The molecule has 0 bridgehead atoms. The van der Waals surface area contributed by atoms with E-state index >= 15 is 0 Å². The highest BCUT2D eigenvalue weighted by Gasteiger charge is 2.20. The smallest absolute Gasteiger partial charge is 0.270 e. The lowest BCUT2D eigenvalue weighted by molar-refractivity contribution is 0.0946. The average molecular weight is 482 g/mol. The van der Waals surface area contributed by atoms with E-state index < -0.39 is 5.82 Å². The van der Waals surface area contributed by atoms with Crippen molar-refractivity contribution in [3.05, 3.63) is 105 Å². The van der Waals surface area contributed by atoms with E-state index in [-0.39, 0.29) is 5.91 Å². The van der Waals surface area contributed by atoms with Gasteiger partial charge in [0.2, 0.25) is 0 Å². The molecule has 0 fully saturated rings. The van der Waals surface area contributed by atoms with Crippen molar-refractivity contribution in [3.8, 4) is 16.9 Å². The molecule has 1 N–H and O–H groups in total. The van der Waals surface area contributed by atoms with Gasteiger partial charge in [0.15, 0.2) is 0 Å². The lowest BCUT2D eigenvalue weighted by Crippen LogP contribution is -2.28. The minimum Gasteiger partial charge on any atom is -0.350 e. The van der Waals surface area contributed by atoms with Gasteiger partial charge in [0.1, 0.15) is 11.5 Å². The molecule has 4 aromatic rings. The maximum absolute atomic E-state index is 14.4. The molecule has 1 amide bonds. The summed E-state index contributed by atoms with van der Waals surface area (Å²) in [4.78, 5) is 13.2. The van der Waals surface area contributed by atoms with Gasteiger partial charge in [0.05, 0.1) is 11.4 Å². The van der Waals surface area contributed by atoms with Gasteiger partial charge in [-0.2, -0.15) is 5.10 Å². The number of aromatic nitrogens is 2. The molecule has 0 atom stereocenters. The van der Waals surface area contributed by atoms with Gasteiger partial charge < -0.3 is 5.32 Å². The van der Waals surface area contributed by atoms with Crippen LogP contribution >= 0.6 is 23.2 Å². The molecule has 1 aromatic heterocycles. The Morgan fingerprint density at radius 1 is 1.03 bits per heavy atom. The van der Waals surface area contributed by atoms with Crippen LogP contribution in [-0.2, 0) is 6.42 Å². The monoisotopic (exact) mass is 481 g/mol. The van der Waals surface area contributed by atoms with Gasteiger partial charge in [-0.25, -0.2) is 9.07 Å². The molecule has 0 saturated heterocycles. The number of hydrogen-bond donors (Lipinski definition) is 1. The number of amides is 1. The number of nitrogens with zero attached hydrogens (tertiary/aromatic N) is 2. The van der Waals surface area contributed by atoms with Crippen LogP contribution in [0, 0.1) is 19.7 Å². The van der Waals surface area contributed by atoms with Crippen LogP contribution < -0.4 is 5.32 Å². The third-order valence-corrected chi connectivity index (χ3v) is 5.97. The molecule has 7 heteroatoms. The van der Waals surface area contributed by atoms with Crippen molar-refractivity contribution in [2.75, 3.05) is 6.54 Å². The summed E-state index contributed by atoms with van der Waals surface area (Å²) in [6.07, 6.45) is 0.541. The van der Waals surface area contributed by atoms with E-state index in [1.54, 1.807) is 41.1 Å². The van der Waals surface area contributed by atoms with Crippen molar-refractivity contribution in [2.24, 2.45) is 0 Å². The number of hydrogen-bond acceptors (Lipinski definition) is 2. The summed E-state index contributed by atoms with van der Waals surface area (Å²) < 4.78 is 16.0. The van der Waals surface area contributed by atoms with Crippen LogP contribution in [0.1, 0.15) is 27.2 Å². The standard InChI is InChI=1S/C26H22Cl2FN3O/c1-16-7-8-17(2)24(13-16)32-25(15-23(31-32)20-5-3-4-6-22(20)29)26(33)30-12-11-18-9-10-19(27)14-21(18)28/h3-10,13-15H,11-12H2,1-2H3,(H,30,33). The van der Waals surface area contributed by atoms with Crippen LogP contribution in [0.5, 0.6) is 0 Å². The molecular formula is C26H22Cl2FN3O. The van der Waals surface area contributed by atoms with Crippen LogP contribution in [0.3, 0.4) is 0 Å². The summed E-state index contributed by atoms with van der Waals surface area (Å²) in [7, 11) is 0. The molecule has 168 valence electrons. The number of rotatable bonds is 6. The lowest BCUT2D eigenvalue weighted by Gasteiger charge is -2.12. The Hall–Kier alpha value is -3.15. The fraction of sp³-hybridized carbons (Fsp3) is 0.154. The van der Waals surface area contributed by atoms with Crippen molar-refractivity contribution in [1.82, 2.24) is 15.1 Å². The Balaban J connectivity index is 1.66. The van der Waals surface area contributed by atoms with Crippen LogP contribution in [0.4, 0.5) is 4.39 Å². The Bertz CT molecular complexity index is 1330. The normalized spacial score (nSPS) is 10.9. The molecule has 3 aromatic carbocycles. The molecule has 1 heterocycles. The summed E-state index contributed by atoms with van der Waals surface area (Å²) in [6.45, 7) is 4.29. The minimum atomic E-state index is -0.396. The molecule has 0 aliphatic rings. The average Bonchev–Trinajstić information content (AvgIpc) is 3.22. The number of carbonyl (C=O) groups is 1. The van der Waals surface area contributed by atoms with E-state index in [1.807, 2.05) is 38.1 Å². The van der Waals surface area contributed by atoms with E-state index in [2.05, 4.69) is 10.4 Å². The zero-order valence-electron chi connectivity index (χ0n) is 18.2. The summed E-state index contributed by atoms with van der Waals surface area (Å²) in [5.74, 6) is -0.705. The first kappa shape index (κ1) is 23.0. The third kappa shape index (κ3) is 5.10. The highest BCUT2D eigenvalue weighted by molar-refractivity contribution is 6.35. The first-order valence-corrected chi connectivity index (χ1v) is 11.2. The molecule has 0 aliphatic carbocycles. The Morgan fingerprint density at radius 2 is 1.82 bits per heavy atom. The Labute approximate surface area is 202 Å². The SMILES string of the molecule is Cc1ccc(C)c(-n2nc(-c3ccccc3F)cc2C(=O)NCCc2ccc(Cl)cc2Cl)c1. The van der Waals surface area contributed by atoms with Gasteiger partial charge in [-0.05, 0) is 73.4 Å². The van der Waals surface area contributed by atoms with Crippen LogP contribution in [0.2, 0.25) is 10.0 Å². The maximum Gasteiger partial charge on any atom is 0.270 e. The summed E-state index contributed by atoms with van der Waals surface area (Å²) in [5, 5.41) is 8.65. The predicted octanol–water partition coefficient (Wildman–Crippen LogP) is 6.57. The molecule has 0 unspecified atom stereocenters. The molecule has 0 radical (unpaired) electrons. The molecule has 0 saturated carbocycles. The summed E-state index contributed by atoms with van der Waals surface area (Å²) in [5.41, 5.74) is 4.68. The largest absolute Gasteiger partial charge is 0.350 e. The molecule has 4 nitrogen and oxygen atoms in total. The van der Waals surface area contributed by atoms with E-state index in [0.29, 0.717) is 40.0 Å². The van der Waals surface area contributed by atoms with Gasteiger partial charge in [-0.1, -0.05) is 53.5 Å². The van der Waals surface area contributed by atoms with Crippen LogP contribution in [0.25, 0.3) is 16.9 Å². The fourth-order valence-electron chi connectivity index (χ4n) is 3.60. The van der Waals surface area contributed by atoms with Gasteiger partial charge in [-0.3, -0.25) is 4.79 Å². The van der Waals surface area contributed by atoms with Gasteiger partial charge >= 0.3 is 0 Å². The van der Waals surface area contributed by atoms with Crippen molar-refractivity contribution in [2.45, 2.75) is 20.3 Å². The highest BCUT2D eigenvalue weighted by atomic mass is 35.5. The first-order valence-electron chi connectivity index (χ1n) is 10.5. The van der Waals surface area contributed by atoms with Gasteiger partial charge in [0.25, 0.3) is 5.91 Å². The number of halogens is 3. The maximum atomic E-state index is 14.4. The van der Waals surface area contributed by atoms with Crippen molar-refractivity contribution < 1.29 is 9.18 Å². The first-order chi connectivity index (χ1) is 15.8. The highest BCUT2D eigenvalue weighted by Crippen LogP contribution is 2.26. The topological polar surface area (TPSA) is 46.9 Å². The number of nitrogens with one attached hydrogen (secondary N) is 1. The minimum absolute atomic E-state index is 0.309. The summed E-state index contributed by atoms with van der Waals surface area (Å²) >= 11 is 12.2. The van der Waals surface area contributed by atoms with Gasteiger partial charge in [-0.15, -0.1) is 0 Å². The molecule has 0 spiro atoms. The number of carbonyl (C=O) groups excluding carboxylic acids is 1. The third-order valence-electron chi connectivity index (χ3n) is 5.38. The Morgan fingerprint density at radius 3 is 2.58 bits per heavy atom. The molecular weight excluding hydrogens is 460 g/mol. The second-order valence-electron chi connectivity index (χ2n) is 7.84. The second-order valence-corrected chi connectivity index (χ2v) is 8.68. The number of aryl methyl sites for hydroxylation is 2. The van der Waals surface area contributed by atoms with Gasteiger partial charge in [0, 0.05) is 22.2 Å². The summed E-state index contributed by atoms with van der Waals surface area (Å²) in [6, 6.07) is 19.2. The van der Waals surface area contributed by atoms with E-state index in [4.69, 9.17) is 23.2 Å². The zero-order valence-corrected chi connectivity index (χ0v) is 19.7.